The number of unbranched alkanes of at least 4 members (excludes halogenated alkanes) is 1. The number of halogens is 1. The first-order chi connectivity index (χ1) is 32.3. The van der Waals surface area contributed by atoms with Gasteiger partial charge in [0.2, 0.25) is 23.7 Å². The number of carbonyl (C=O) groups excluding carboxylic acids is 9. The normalized spacial score (nSPS) is 12.7. The minimum atomic E-state index is -4.16. The summed E-state index contributed by atoms with van der Waals surface area (Å²) in [5.41, 5.74) is 3.97. The van der Waals surface area contributed by atoms with Crippen LogP contribution < -0.4 is 26.4 Å². The highest BCUT2D eigenvalue weighted by Gasteiger charge is 2.32. The summed E-state index contributed by atoms with van der Waals surface area (Å²) in [5.74, 6) is -7.39. The van der Waals surface area contributed by atoms with E-state index in [0.29, 0.717) is 24.3 Å². The largest absolute Gasteiger partial charge is 0.482 e. The van der Waals surface area contributed by atoms with E-state index in [2.05, 4.69) is 21.6 Å². The molecule has 1 aromatic carbocycles. The lowest BCUT2D eigenvalue weighted by Crippen LogP contribution is -2.48. The minimum absolute atomic E-state index is 0. The molecule has 396 valence electrons. The van der Waals surface area contributed by atoms with Gasteiger partial charge < -0.3 is 35.7 Å². The van der Waals surface area contributed by atoms with Crippen molar-refractivity contribution in [1.29, 1.82) is 6.86 Å². The number of esters is 1. The Bertz CT molecular complexity index is 2130. The summed E-state index contributed by atoms with van der Waals surface area (Å²) in [6, 6.07) is 4.67. The van der Waals surface area contributed by atoms with Gasteiger partial charge in [-0.05, 0) is 98.4 Å². The molecule has 2 atom stereocenters. The predicted octanol–water partition coefficient (Wildman–Crippen LogP) is 2.18. The number of ketones is 1. The van der Waals surface area contributed by atoms with Gasteiger partial charge in [0.1, 0.15) is 23.0 Å². The highest BCUT2D eigenvalue weighted by molar-refractivity contribution is 7.80. The van der Waals surface area contributed by atoms with Crippen molar-refractivity contribution in [2.75, 3.05) is 33.4 Å². The van der Waals surface area contributed by atoms with E-state index in [1.54, 1.807) is 41.5 Å². The van der Waals surface area contributed by atoms with Gasteiger partial charge in [0, 0.05) is 50.4 Å². The summed E-state index contributed by atoms with van der Waals surface area (Å²) in [6.07, 6.45) is 2.25. The number of carboxylic acids is 1. The zero-order chi connectivity index (χ0) is 54.6. The summed E-state index contributed by atoms with van der Waals surface area (Å²) in [4.78, 5) is 121. The Morgan fingerprint density at radius 3 is 1.94 bits per heavy atom. The minimum Gasteiger partial charge on any atom is -0.482 e. The van der Waals surface area contributed by atoms with Crippen molar-refractivity contribution < 1.29 is 89.1 Å². The molecule has 0 aliphatic carbocycles. The van der Waals surface area contributed by atoms with E-state index < -0.39 is 112 Å². The third-order valence-electron chi connectivity index (χ3n) is 8.15. The van der Waals surface area contributed by atoms with Gasteiger partial charge in [-0.3, -0.25) is 57.7 Å². The van der Waals surface area contributed by atoms with Gasteiger partial charge in [0.05, 0.1) is 13.7 Å². The first kappa shape index (κ1) is 65.4. The number of aliphatic carboxylic acids is 1. The molecule has 0 unspecified atom stereocenters. The molecule has 1 heterocycles. The number of nitrogens with zero attached hydrogens (tertiary/aromatic N) is 2. The summed E-state index contributed by atoms with van der Waals surface area (Å²) in [5, 5.41) is 24.5. The van der Waals surface area contributed by atoms with Crippen LogP contribution in [0.3, 0.4) is 0 Å². The Hall–Kier alpha value is -6.71. The number of ether oxygens (including phenoxy) is 3. The van der Waals surface area contributed by atoms with Crippen LogP contribution in [0.5, 0.6) is 5.75 Å². The number of benzene rings is 1. The zero-order valence-electron chi connectivity index (χ0n) is 40.9. The van der Waals surface area contributed by atoms with Crippen LogP contribution in [0.1, 0.15) is 112 Å². The Morgan fingerprint density at radius 1 is 0.929 bits per heavy atom. The molecule has 1 aromatic rings. The van der Waals surface area contributed by atoms with Crippen LogP contribution in [0.15, 0.2) is 36.4 Å². The Kier molecular flexibility index (Phi) is 30.0. The lowest BCUT2D eigenvalue weighted by Gasteiger charge is -2.28. The topological polar surface area (TPSA) is 375 Å². The third-order valence-corrected chi connectivity index (χ3v) is 8.57. The van der Waals surface area contributed by atoms with Gasteiger partial charge in [0.25, 0.3) is 19.2 Å². The van der Waals surface area contributed by atoms with E-state index in [9.17, 15) is 56.4 Å². The van der Waals surface area contributed by atoms with Crippen molar-refractivity contribution in [1.82, 2.24) is 25.8 Å². The molecule has 2 rings (SSSR count). The quantitative estimate of drug-likeness (QED) is 0.0246. The molecule has 0 fully saturated rings. The van der Waals surface area contributed by atoms with Gasteiger partial charge >= 0.3 is 28.4 Å². The number of guanidine groups is 1. The summed E-state index contributed by atoms with van der Waals surface area (Å²) in [7, 11) is -3.29. The van der Waals surface area contributed by atoms with Crippen LogP contribution in [0, 0.1) is 11.3 Å². The molecule has 8 N–H and O–H groups in total. The monoisotopic (exact) mass is 1020 g/mol. The molecule has 0 spiro atoms. The maximum Gasteiger partial charge on any atom is 0.417 e. The molecule has 7 amide bonds. The van der Waals surface area contributed by atoms with Gasteiger partial charge in [-0.25, -0.2) is 24.2 Å². The lowest BCUT2D eigenvalue weighted by atomic mass is 9.94. The number of amides is 7. The Balaban J connectivity index is -0.00000203. The second-order valence-electron chi connectivity index (χ2n) is 16.5. The first-order valence-corrected chi connectivity index (χ1v) is 22.1. The summed E-state index contributed by atoms with van der Waals surface area (Å²) < 4.78 is 58.7. The number of rotatable bonds is 20. The molecule has 1 aliphatic rings. The maximum atomic E-state index is 13.7. The Morgan fingerprint density at radius 2 is 1.49 bits per heavy atom. The molecule has 27 heteroatoms. The van der Waals surface area contributed by atoms with Gasteiger partial charge in [-0.15, -0.1) is 0 Å². The average Bonchev–Trinajstić information content (AvgIpc) is 3.59. The van der Waals surface area contributed by atoms with Crippen LogP contribution >= 0.6 is 0 Å². The van der Waals surface area contributed by atoms with E-state index in [-0.39, 0.29) is 51.0 Å². The number of carboxylic acid groups (broad SMARTS) is 1. The smallest absolute Gasteiger partial charge is 0.417 e. The van der Waals surface area contributed by atoms with E-state index in [0.717, 1.165) is 24.2 Å². The fraction of sp³-hybridized carbons (Fsp3) is 0.558. The molecule has 0 aromatic heterocycles. The number of hydrogen-bond acceptors (Lipinski definition) is 18. The van der Waals surface area contributed by atoms with E-state index >= 15 is 0 Å². The second-order valence-corrected chi connectivity index (χ2v) is 17.7. The highest BCUT2D eigenvalue weighted by atomic mass is 32.3. The van der Waals surface area contributed by atoms with Crippen LogP contribution in [-0.2, 0) is 62.4 Å². The predicted molar refractivity (Wildman–Crippen MR) is 249 cm³/mol. The van der Waals surface area contributed by atoms with Crippen LogP contribution in [0.25, 0.3) is 0 Å². The van der Waals surface area contributed by atoms with Gasteiger partial charge in [-0.2, -0.15) is 8.42 Å². The molecule has 0 saturated heterocycles. The summed E-state index contributed by atoms with van der Waals surface area (Å²) in [6.45, 7) is 11.4. The molecule has 0 saturated carbocycles. The SMILES string of the molecule is C.CC(=O)N1C(=O)C=CC1=O.CC(=O)NC(=N)N(CCC[C@H](CC(=O)CNC(=O)c1cccc(OCC(=O)O)c1)C(=O)N[C@@H](CCCCN)C(=O)OC(C)(C)C)C(=O)OC(C)(C)C.COS(=O)(=O)O.[2H]F. The van der Waals surface area contributed by atoms with E-state index in [4.69, 9.17) is 39.7 Å². The number of imide groups is 3. The second kappa shape index (κ2) is 32.2. The molecule has 70 heavy (non-hydrogen) atoms. The van der Waals surface area contributed by atoms with Crippen molar-refractivity contribution in [3.05, 3.63) is 42.0 Å². The fourth-order valence-electron chi connectivity index (χ4n) is 5.28. The number of hydrogen-bond donors (Lipinski definition) is 7. The molecule has 1 aliphatic heterocycles. The van der Waals surface area contributed by atoms with Crippen molar-refractivity contribution >= 4 is 75.6 Å². The lowest BCUT2D eigenvalue weighted by molar-refractivity contribution is -0.159. The fourth-order valence-corrected chi connectivity index (χ4v) is 5.28. The summed E-state index contributed by atoms with van der Waals surface area (Å²) >= 11 is 0. The first-order valence-electron chi connectivity index (χ1n) is 21.1. The number of Topliss-reactive ketones (excluding diaryl/α,β-unsaturated/α-hetero) is 1. The molecule has 25 nitrogen and oxygen atoms in total. The molecular weight excluding hydrogens is 954 g/mol. The Labute approximate surface area is 407 Å². The van der Waals surface area contributed by atoms with Crippen molar-refractivity contribution in [3.8, 4) is 5.75 Å². The van der Waals surface area contributed by atoms with Gasteiger partial charge in [-0.1, -0.05) is 13.5 Å². The van der Waals surface area contributed by atoms with Gasteiger partial charge in [0.15, 0.2) is 12.4 Å². The zero-order valence-corrected chi connectivity index (χ0v) is 40.7. The average molecular weight is 1020 g/mol. The van der Waals surface area contributed by atoms with Crippen LogP contribution in [0.4, 0.5) is 9.51 Å². The van der Waals surface area contributed by atoms with E-state index in [1.165, 1.54) is 38.1 Å². The van der Waals surface area contributed by atoms with Crippen LogP contribution in [-0.4, -0.2) is 145 Å². The van der Waals surface area contributed by atoms with Crippen molar-refractivity contribution in [2.45, 2.75) is 119 Å². The highest BCUT2D eigenvalue weighted by Crippen LogP contribution is 2.19. The van der Waals surface area contributed by atoms with E-state index in [1.807, 2.05) is 0 Å². The van der Waals surface area contributed by atoms with Crippen molar-refractivity contribution in [3.63, 3.8) is 0 Å². The standard InChI is InChI=1S/C35H54N6O11.C6H5NO3.CH4O4S.CH4.FH/c1-22(42)39-32(37)41(33(49)52-35(5,6)7)17-11-13-23(30(47)40-27(15-8-9-16-36)31(48)51-34(2,3)4)18-25(43)20-38-29(46)24-12-10-14-26(19-24)50-21-28(44)45;1-4(8)7-5(9)2-3-6(7)10;1-5-6(2,3)4;;/h10,12,14,19,23,27H,8-9,11,13,15-18,20-21,36H2,1-7H3,(H,38,46)(H,40,47)(H,44,45)(H2,37,39,42);2-3H,1H3;1H3,(H,2,3,4);1H4;1H/t23-,27+;;;;/m1..../s1/i/hD. The molecule has 0 bridgehead atoms. The molecule has 0 radical (unpaired) electrons. The number of nitrogens with two attached hydrogens (primary N) is 1. The number of carbonyl (C=O) groups is 10. The molecular formula is C43H68FN7O18S. The third kappa shape index (κ3) is 29.9. The van der Waals surface area contributed by atoms with Crippen molar-refractivity contribution in [2.24, 2.45) is 11.7 Å². The maximum absolute atomic E-state index is 13.7. The van der Waals surface area contributed by atoms with Crippen LogP contribution in [0.2, 0.25) is 0 Å². The number of nitrogens with one attached hydrogen (secondary N) is 4.